The third-order valence-corrected chi connectivity index (χ3v) is 5.34. The third-order valence-electron chi connectivity index (χ3n) is 5.34. The molecule has 4 nitrogen and oxygen atoms in total. The van der Waals surface area contributed by atoms with Gasteiger partial charge in [-0.15, -0.1) is 0 Å². The maximum Gasteiger partial charge on any atom is 0.290 e. The lowest BCUT2D eigenvalue weighted by atomic mass is 9.93. The molecule has 1 amide bonds. The fourth-order valence-electron chi connectivity index (χ4n) is 3.80. The SMILES string of the molecule is COc1cccc(CN2C(=O)C(O)=C(c3ccc(C)cc3)[C@H]2c2ccc(F)cc2)c1. The van der Waals surface area contributed by atoms with Crippen molar-refractivity contribution >= 4 is 11.5 Å². The second kappa shape index (κ2) is 8.03. The van der Waals surface area contributed by atoms with Gasteiger partial charge in [-0.05, 0) is 47.9 Å². The van der Waals surface area contributed by atoms with Crippen molar-refractivity contribution in [2.45, 2.75) is 19.5 Å². The maximum atomic E-state index is 13.6. The Kier molecular flexibility index (Phi) is 5.27. The summed E-state index contributed by atoms with van der Waals surface area (Å²) in [4.78, 5) is 14.7. The van der Waals surface area contributed by atoms with Crippen molar-refractivity contribution in [2.24, 2.45) is 0 Å². The van der Waals surface area contributed by atoms with Crippen LogP contribution in [0.2, 0.25) is 0 Å². The summed E-state index contributed by atoms with van der Waals surface area (Å²) in [7, 11) is 1.59. The molecule has 3 aromatic rings. The number of rotatable bonds is 5. The monoisotopic (exact) mass is 403 g/mol. The second-order valence-corrected chi connectivity index (χ2v) is 7.37. The Balaban J connectivity index is 1.79. The minimum atomic E-state index is -0.535. The van der Waals surface area contributed by atoms with Crippen LogP contribution in [0.5, 0.6) is 5.75 Å². The smallest absolute Gasteiger partial charge is 0.290 e. The van der Waals surface area contributed by atoms with Crippen LogP contribution in [-0.2, 0) is 11.3 Å². The normalized spacial score (nSPS) is 16.3. The molecule has 5 heteroatoms. The summed E-state index contributed by atoms with van der Waals surface area (Å²) in [6.07, 6.45) is 0. The van der Waals surface area contributed by atoms with Crippen LogP contribution < -0.4 is 4.74 Å². The Morgan fingerprint density at radius 1 is 1.03 bits per heavy atom. The number of halogens is 1. The molecule has 0 saturated carbocycles. The largest absolute Gasteiger partial charge is 0.503 e. The highest BCUT2D eigenvalue weighted by atomic mass is 19.1. The summed E-state index contributed by atoms with van der Waals surface area (Å²) in [5.74, 6) is -0.403. The molecule has 0 saturated heterocycles. The number of benzene rings is 3. The van der Waals surface area contributed by atoms with Crippen LogP contribution in [0, 0.1) is 12.7 Å². The van der Waals surface area contributed by atoms with E-state index in [4.69, 9.17) is 4.74 Å². The Bertz CT molecular complexity index is 1100. The quantitative estimate of drug-likeness (QED) is 0.637. The molecule has 1 N–H and O–H groups in total. The van der Waals surface area contributed by atoms with Crippen LogP contribution >= 0.6 is 0 Å². The molecule has 30 heavy (non-hydrogen) atoms. The molecule has 3 aromatic carbocycles. The summed E-state index contributed by atoms with van der Waals surface area (Å²) in [5.41, 5.74) is 3.96. The van der Waals surface area contributed by atoms with Crippen molar-refractivity contribution in [3.05, 3.63) is 107 Å². The lowest BCUT2D eigenvalue weighted by Gasteiger charge is -2.27. The summed E-state index contributed by atoms with van der Waals surface area (Å²) < 4.78 is 18.9. The Labute approximate surface area is 174 Å². The van der Waals surface area contributed by atoms with Gasteiger partial charge < -0.3 is 14.7 Å². The number of hydrogen-bond donors (Lipinski definition) is 1. The number of amides is 1. The Morgan fingerprint density at radius 2 is 1.73 bits per heavy atom. The maximum absolute atomic E-state index is 13.6. The molecular weight excluding hydrogens is 381 g/mol. The van der Waals surface area contributed by atoms with Gasteiger partial charge in [-0.1, -0.05) is 54.1 Å². The van der Waals surface area contributed by atoms with E-state index in [0.29, 0.717) is 11.3 Å². The number of nitrogens with zero attached hydrogens (tertiary/aromatic N) is 1. The zero-order chi connectivity index (χ0) is 21.3. The molecule has 0 aromatic heterocycles. The van der Waals surface area contributed by atoms with Gasteiger partial charge in [0.1, 0.15) is 11.6 Å². The van der Waals surface area contributed by atoms with Crippen LogP contribution in [0.3, 0.4) is 0 Å². The van der Waals surface area contributed by atoms with Gasteiger partial charge in [0.15, 0.2) is 5.76 Å². The predicted molar refractivity (Wildman–Crippen MR) is 113 cm³/mol. The van der Waals surface area contributed by atoms with E-state index in [1.807, 2.05) is 55.5 Å². The highest BCUT2D eigenvalue weighted by Crippen LogP contribution is 2.43. The molecule has 0 bridgehead atoms. The molecular formula is C25H22FNO3. The zero-order valence-corrected chi connectivity index (χ0v) is 16.8. The topological polar surface area (TPSA) is 49.8 Å². The second-order valence-electron chi connectivity index (χ2n) is 7.37. The lowest BCUT2D eigenvalue weighted by molar-refractivity contribution is -0.130. The minimum absolute atomic E-state index is 0.275. The molecule has 0 spiro atoms. The molecule has 152 valence electrons. The Morgan fingerprint density at radius 3 is 2.40 bits per heavy atom. The van der Waals surface area contributed by atoms with Crippen LogP contribution in [-0.4, -0.2) is 23.0 Å². The van der Waals surface area contributed by atoms with Gasteiger partial charge in [-0.2, -0.15) is 0 Å². The average molecular weight is 403 g/mol. The first-order valence-electron chi connectivity index (χ1n) is 9.67. The molecule has 4 rings (SSSR count). The molecule has 1 aliphatic heterocycles. The van der Waals surface area contributed by atoms with Gasteiger partial charge in [0, 0.05) is 12.1 Å². The van der Waals surface area contributed by atoms with Gasteiger partial charge in [0.25, 0.3) is 5.91 Å². The third kappa shape index (κ3) is 3.66. The standard InChI is InChI=1S/C25H22FNO3/c1-16-6-8-18(9-7-16)22-23(19-10-12-20(26)13-11-19)27(25(29)24(22)28)15-17-4-3-5-21(14-17)30-2/h3-14,23,28H,15H2,1-2H3/t23-/m1/s1. The van der Waals surface area contributed by atoms with E-state index in [9.17, 15) is 14.3 Å². The van der Waals surface area contributed by atoms with Crippen LogP contribution in [0.1, 0.15) is 28.3 Å². The fraction of sp³-hybridized carbons (Fsp3) is 0.160. The Hall–Kier alpha value is -3.60. The highest BCUT2D eigenvalue weighted by molar-refractivity contribution is 6.05. The van der Waals surface area contributed by atoms with E-state index in [-0.39, 0.29) is 18.1 Å². The molecule has 1 aliphatic rings. The van der Waals surface area contributed by atoms with E-state index in [1.54, 1.807) is 24.1 Å². The van der Waals surface area contributed by atoms with Crippen molar-refractivity contribution < 1.29 is 19.0 Å². The first-order chi connectivity index (χ1) is 14.5. The van der Waals surface area contributed by atoms with Crippen molar-refractivity contribution in [3.63, 3.8) is 0 Å². The highest BCUT2D eigenvalue weighted by Gasteiger charge is 2.41. The van der Waals surface area contributed by atoms with Gasteiger partial charge in [-0.25, -0.2) is 4.39 Å². The van der Waals surface area contributed by atoms with Gasteiger partial charge in [0.2, 0.25) is 0 Å². The van der Waals surface area contributed by atoms with Crippen LogP contribution in [0.15, 0.2) is 78.6 Å². The van der Waals surface area contributed by atoms with E-state index in [2.05, 4.69) is 0 Å². The van der Waals surface area contributed by atoms with Crippen LogP contribution in [0.25, 0.3) is 5.57 Å². The number of aliphatic hydroxyl groups excluding tert-OH is 1. The zero-order valence-electron chi connectivity index (χ0n) is 16.8. The van der Waals surface area contributed by atoms with E-state index >= 15 is 0 Å². The average Bonchev–Trinajstić information content (AvgIpc) is 3.00. The van der Waals surface area contributed by atoms with Crippen molar-refractivity contribution in [1.29, 1.82) is 0 Å². The first kappa shape index (κ1) is 19.7. The summed E-state index contributed by atoms with van der Waals surface area (Å²) >= 11 is 0. The molecule has 1 heterocycles. The van der Waals surface area contributed by atoms with Crippen LogP contribution in [0.4, 0.5) is 4.39 Å². The van der Waals surface area contributed by atoms with E-state index < -0.39 is 11.9 Å². The first-order valence-corrected chi connectivity index (χ1v) is 9.67. The molecule has 0 fully saturated rings. The fourth-order valence-corrected chi connectivity index (χ4v) is 3.80. The lowest BCUT2D eigenvalue weighted by Crippen LogP contribution is -2.29. The number of carbonyl (C=O) groups is 1. The summed E-state index contributed by atoms with van der Waals surface area (Å²) in [6, 6.07) is 20.6. The number of methoxy groups -OCH3 is 1. The van der Waals surface area contributed by atoms with Crippen molar-refractivity contribution in [2.75, 3.05) is 7.11 Å². The number of aliphatic hydroxyl groups is 1. The number of ether oxygens (including phenoxy) is 1. The van der Waals surface area contributed by atoms with Crippen molar-refractivity contribution in [3.8, 4) is 5.75 Å². The van der Waals surface area contributed by atoms with Crippen molar-refractivity contribution in [1.82, 2.24) is 4.90 Å². The van der Waals surface area contributed by atoms with E-state index in [1.165, 1.54) is 12.1 Å². The number of aryl methyl sites for hydroxylation is 1. The summed E-state index contributed by atoms with van der Waals surface area (Å²) in [6.45, 7) is 2.25. The van der Waals surface area contributed by atoms with Gasteiger partial charge in [-0.3, -0.25) is 4.79 Å². The number of carbonyl (C=O) groups excluding carboxylic acids is 1. The van der Waals surface area contributed by atoms with Gasteiger partial charge in [0.05, 0.1) is 13.2 Å². The van der Waals surface area contributed by atoms with E-state index in [0.717, 1.165) is 22.3 Å². The molecule has 0 radical (unpaired) electrons. The summed E-state index contributed by atoms with van der Waals surface area (Å²) in [5, 5.41) is 10.8. The number of hydrogen-bond acceptors (Lipinski definition) is 3. The molecule has 1 atom stereocenters. The minimum Gasteiger partial charge on any atom is -0.503 e. The predicted octanol–water partition coefficient (Wildman–Crippen LogP) is 5.20. The molecule has 0 unspecified atom stereocenters. The molecule has 0 aliphatic carbocycles. The van der Waals surface area contributed by atoms with Gasteiger partial charge >= 0.3 is 0 Å².